The van der Waals surface area contributed by atoms with Crippen molar-refractivity contribution in [1.82, 2.24) is 0 Å². The Morgan fingerprint density at radius 1 is 0.679 bits per heavy atom. The number of fused-ring (bicyclic) bond motifs is 2. The smallest absolute Gasteiger partial charge is 0.308 e. The van der Waals surface area contributed by atoms with Crippen molar-refractivity contribution in [1.29, 1.82) is 0 Å². The number of hydrogen-bond donors (Lipinski definition) is 2. The first-order valence-corrected chi connectivity index (χ1v) is 8.79. The van der Waals surface area contributed by atoms with Crippen LogP contribution >= 0.6 is 0 Å². The molecule has 1 fully saturated rings. The minimum atomic E-state index is -1.13. The summed E-state index contributed by atoms with van der Waals surface area (Å²) in [6.45, 7) is 0.213. The molecule has 0 amide bonds. The van der Waals surface area contributed by atoms with E-state index in [4.69, 9.17) is 18.9 Å². The molecule has 0 aromatic heterocycles. The average molecular weight is 384 g/mol. The van der Waals surface area contributed by atoms with Crippen molar-refractivity contribution >= 4 is 11.9 Å². The molecule has 1 aliphatic carbocycles. The van der Waals surface area contributed by atoms with E-state index in [1.54, 1.807) is 36.4 Å². The second kappa shape index (κ2) is 6.05. The maximum Gasteiger partial charge on any atom is 0.308 e. The molecule has 4 atom stereocenters. The zero-order valence-electron chi connectivity index (χ0n) is 14.5. The molecule has 0 spiro atoms. The van der Waals surface area contributed by atoms with Crippen molar-refractivity contribution in [2.24, 2.45) is 11.8 Å². The molecule has 2 N–H and O–H groups in total. The van der Waals surface area contributed by atoms with E-state index in [0.717, 1.165) is 0 Å². The van der Waals surface area contributed by atoms with Gasteiger partial charge in [-0.3, -0.25) is 9.59 Å². The Kier molecular flexibility index (Phi) is 3.61. The summed E-state index contributed by atoms with van der Waals surface area (Å²) < 4.78 is 21.4. The number of aliphatic carboxylic acids is 2. The fourth-order valence-electron chi connectivity index (χ4n) is 4.43. The molecule has 2 aromatic rings. The molecule has 2 aromatic carbocycles. The predicted octanol–water partition coefficient (Wildman–Crippen LogP) is 2.43. The van der Waals surface area contributed by atoms with Crippen LogP contribution in [-0.4, -0.2) is 35.7 Å². The molecule has 2 aliphatic heterocycles. The first kappa shape index (κ1) is 16.7. The van der Waals surface area contributed by atoms with Gasteiger partial charge in [0.1, 0.15) is 0 Å². The van der Waals surface area contributed by atoms with Crippen LogP contribution in [-0.2, 0) is 9.59 Å². The van der Waals surface area contributed by atoms with Gasteiger partial charge in [-0.15, -0.1) is 0 Å². The van der Waals surface area contributed by atoms with Gasteiger partial charge in [0.2, 0.25) is 13.6 Å². The highest BCUT2D eigenvalue weighted by molar-refractivity contribution is 5.85. The van der Waals surface area contributed by atoms with Crippen molar-refractivity contribution in [2.75, 3.05) is 13.6 Å². The van der Waals surface area contributed by atoms with Gasteiger partial charge in [0.05, 0.1) is 11.8 Å². The zero-order valence-corrected chi connectivity index (χ0v) is 14.5. The first-order valence-electron chi connectivity index (χ1n) is 8.79. The Balaban J connectivity index is 1.59. The van der Waals surface area contributed by atoms with Gasteiger partial charge in [-0.2, -0.15) is 0 Å². The Hall–Kier alpha value is -3.42. The third-order valence-electron chi connectivity index (χ3n) is 5.68. The van der Waals surface area contributed by atoms with Crippen LogP contribution in [0.15, 0.2) is 36.4 Å². The van der Waals surface area contributed by atoms with Crippen LogP contribution in [0, 0.1) is 11.8 Å². The fraction of sp³-hybridized carbons (Fsp3) is 0.300. The summed E-state index contributed by atoms with van der Waals surface area (Å²) in [6.07, 6.45) is 0. The van der Waals surface area contributed by atoms with Crippen molar-refractivity contribution < 1.29 is 38.7 Å². The van der Waals surface area contributed by atoms with Crippen molar-refractivity contribution in [3.63, 3.8) is 0 Å². The molecule has 2 heterocycles. The van der Waals surface area contributed by atoms with E-state index in [-0.39, 0.29) is 13.6 Å². The van der Waals surface area contributed by atoms with Crippen molar-refractivity contribution in [2.45, 2.75) is 11.8 Å². The molecule has 0 saturated heterocycles. The lowest BCUT2D eigenvalue weighted by atomic mass is 9.52. The lowest BCUT2D eigenvalue weighted by Gasteiger charge is -2.48. The van der Waals surface area contributed by atoms with Crippen LogP contribution in [0.2, 0.25) is 0 Å². The van der Waals surface area contributed by atoms with E-state index in [1.165, 1.54) is 0 Å². The summed E-state index contributed by atoms with van der Waals surface area (Å²) in [4.78, 5) is 23.8. The van der Waals surface area contributed by atoms with E-state index < -0.39 is 35.6 Å². The average Bonchev–Trinajstić information content (AvgIpc) is 3.28. The molecule has 28 heavy (non-hydrogen) atoms. The Morgan fingerprint density at radius 2 is 1.07 bits per heavy atom. The van der Waals surface area contributed by atoms with E-state index in [9.17, 15) is 19.8 Å². The third-order valence-corrected chi connectivity index (χ3v) is 5.68. The standard InChI is InChI=1S/C20H16O8/c21-19(22)17-15(9-1-3-11-13(5-9)27-7-25-11)16(18(17)20(23)24)10-2-4-12-14(6-10)28-8-26-12/h1-6,15-18H,7-8H2,(H,21,22)(H,23,24). The largest absolute Gasteiger partial charge is 0.481 e. The number of carbonyl (C=O) groups is 2. The third kappa shape index (κ3) is 2.37. The van der Waals surface area contributed by atoms with Gasteiger partial charge in [-0.1, -0.05) is 12.1 Å². The maximum absolute atomic E-state index is 11.9. The quantitative estimate of drug-likeness (QED) is 0.827. The van der Waals surface area contributed by atoms with Crippen molar-refractivity contribution in [3.05, 3.63) is 47.5 Å². The number of hydrogen-bond acceptors (Lipinski definition) is 6. The zero-order chi connectivity index (χ0) is 19.4. The highest BCUT2D eigenvalue weighted by atomic mass is 16.7. The second-order valence-corrected chi connectivity index (χ2v) is 7.01. The van der Waals surface area contributed by atoms with Gasteiger partial charge in [-0.25, -0.2) is 0 Å². The molecule has 144 valence electrons. The van der Waals surface area contributed by atoms with Gasteiger partial charge in [0, 0.05) is 11.8 Å². The maximum atomic E-state index is 11.9. The topological polar surface area (TPSA) is 112 Å². The number of ether oxygens (including phenoxy) is 4. The fourth-order valence-corrected chi connectivity index (χ4v) is 4.43. The molecule has 8 heteroatoms. The van der Waals surface area contributed by atoms with E-state index >= 15 is 0 Å². The summed E-state index contributed by atoms with van der Waals surface area (Å²) in [5, 5.41) is 19.5. The molecule has 5 rings (SSSR count). The summed E-state index contributed by atoms with van der Waals surface area (Å²) in [5.74, 6) is -3.16. The molecule has 8 nitrogen and oxygen atoms in total. The summed E-state index contributed by atoms with van der Waals surface area (Å²) in [6, 6.07) is 10.5. The molecule has 3 aliphatic rings. The number of rotatable bonds is 4. The monoisotopic (exact) mass is 384 g/mol. The SMILES string of the molecule is O=C(O)C1C(C(=O)O)C(c2ccc3c(c2)OCO3)C1c1ccc2c(c1)OCO2. The van der Waals surface area contributed by atoms with Gasteiger partial charge < -0.3 is 29.2 Å². The van der Waals surface area contributed by atoms with Crippen LogP contribution in [0.1, 0.15) is 23.0 Å². The van der Waals surface area contributed by atoms with Gasteiger partial charge in [0.25, 0.3) is 0 Å². The summed E-state index contributed by atoms with van der Waals surface area (Å²) in [7, 11) is 0. The molecule has 0 radical (unpaired) electrons. The normalized spacial score (nSPS) is 26.6. The molecule has 0 bridgehead atoms. The van der Waals surface area contributed by atoms with Gasteiger partial charge in [0.15, 0.2) is 23.0 Å². The summed E-state index contributed by atoms with van der Waals surface area (Å²) in [5.41, 5.74) is 1.41. The van der Waals surface area contributed by atoms with Crippen LogP contribution in [0.5, 0.6) is 23.0 Å². The minimum Gasteiger partial charge on any atom is -0.481 e. The van der Waals surface area contributed by atoms with Crippen LogP contribution in [0.4, 0.5) is 0 Å². The van der Waals surface area contributed by atoms with Crippen LogP contribution < -0.4 is 18.9 Å². The first-order chi connectivity index (χ1) is 13.5. The summed E-state index contributed by atoms with van der Waals surface area (Å²) >= 11 is 0. The van der Waals surface area contributed by atoms with Crippen LogP contribution in [0.3, 0.4) is 0 Å². The Labute approximate surface area is 159 Å². The lowest BCUT2D eigenvalue weighted by molar-refractivity contribution is -0.164. The lowest BCUT2D eigenvalue weighted by Crippen LogP contribution is -2.51. The molecule has 1 saturated carbocycles. The number of carboxylic acid groups (broad SMARTS) is 2. The Bertz CT molecular complexity index is 905. The van der Waals surface area contributed by atoms with Gasteiger partial charge >= 0.3 is 11.9 Å². The van der Waals surface area contributed by atoms with E-state index in [0.29, 0.717) is 34.1 Å². The highest BCUT2D eigenvalue weighted by Gasteiger charge is 2.59. The van der Waals surface area contributed by atoms with E-state index in [1.807, 2.05) is 0 Å². The second-order valence-electron chi connectivity index (χ2n) is 7.01. The number of carboxylic acids is 2. The Morgan fingerprint density at radius 3 is 1.46 bits per heavy atom. The highest BCUT2D eigenvalue weighted by Crippen LogP contribution is 2.59. The predicted molar refractivity (Wildman–Crippen MR) is 92.9 cm³/mol. The molecular weight excluding hydrogens is 368 g/mol. The van der Waals surface area contributed by atoms with Crippen LogP contribution in [0.25, 0.3) is 0 Å². The molecule has 4 unspecified atom stereocenters. The number of benzene rings is 2. The van der Waals surface area contributed by atoms with E-state index in [2.05, 4.69) is 0 Å². The molecular formula is C20H16O8. The van der Waals surface area contributed by atoms with Crippen molar-refractivity contribution in [3.8, 4) is 23.0 Å². The van der Waals surface area contributed by atoms with Gasteiger partial charge in [-0.05, 0) is 35.4 Å². The minimum absolute atomic E-state index is 0.106.